The Morgan fingerprint density at radius 1 is 1.71 bits per heavy atom. The molecule has 0 fully saturated rings. The summed E-state index contributed by atoms with van der Waals surface area (Å²) in [6, 6.07) is 0. The fourth-order valence-electron chi connectivity index (χ4n) is 1.64. The summed E-state index contributed by atoms with van der Waals surface area (Å²) < 4.78 is 27.2. The normalized spacial score (nSPS) is 21.9. The Labute approximate surface area is 86.4 Å². The Balaban J connectivity index is 2.82. The van der Waals surface area contributed by atoms with Crippen LogP contribution in [0.4, 0.5) is 0 Å². The summed E-state index contributed by atoms with van der Waals surface area (Å²) >= 11 is 0. The standard InChI is InChI=1S/C10H16O3S/c1-3-13-8(2)9-6-4-5-7-10(9)14(11)12/h6,10,14H,2-5,7H2,1H3. The average molecular weight is 216 g/mol. The molecule has 1 aliphatic rings. The monoisotopic (exact) mass is 216 g/mol. The van der Waals surface area contributed by atoms with Crippen LogP contribution in [0.2, 0.25) is 0 Å². The summed E-state index contributed by atoms with van der Waals surface area (Å²) in [6.45, 7) is 6.13. The molecule has 0 aromatic carbocycles. The molecule has 1 aliphatic carbocycles. The maximum atomic E-state index is 11.0. The summed E-state index contributed by atoms with van der Waals surface area (Å²) in [5.74, 6) is 0.511. The summed E-state index contributed by atoms with van der Waals surface area (Å²) in [4.78, 5) is 0. The van der Waals surface area contributed by atoms with Gasteiger partial charge in [-0.05, 0) is 26.2 Å². The van der Waals surface area contributed by atoms with E-state index in [-0.39, 0.29) is 0 Å². The van der Waals surface area contributed by atoms with E-state index >= 15 is 0 Å². The zero-order valence-electron chi connectivity index (χ0n) is 8.36. The summed E-state index contributed by atoms with van der Waals surface area (Å²) in [6.07, 6.45) is 4.46. The predicted molar refractivity (Wildman–Crippen MR) is 56.8 cm³/mol. The van der Waals surface area contributed by atoms with Crippen LogP contribution in [-0.2, 0) is 15.4 Å². The largest absolute Gasteiger partial charge is 0.494 e. The molecule has 14 heavy (non-hydrogen) atoms. The van der Waals surface area contributed by atoms with E-state index in [0.717, 1.165) is 18.4 Å². The first kappa shape index (κ1) is 11.3. The lowest BCUT2D eigenvalue weighted by Crippen LogP contribution is -2.18. The van der Waals surface area contributed by atoms with Gasteiger partial charge < -0.3 is 4.74 Å². The second-order valence-electron chi connectivity index (χ2n) is 3.25. The van der Waals surface area contributed by atoms with Crippen LogP contribution >= 0.6 is 0 Å². The molecule has 1 unspecified atom stereocenters. The lowest BCUT2D eigenvalue weighted by Gasteiger charge is -2.20. The van der Waals surface area contributed by atoms with Gasteiger partial charge in [0, 0.05) is 5.57 Å². The first-order valence-electron chi connectivity index (χ1n) is 4.82. The molecule has 0 spiro atoms. The molecule has 0 aromatic rings. The van der Waals surface area contributed by atoms with Crippen molar-refractivity contribution in [3.63, 3.8) is 0 Å². The maximum absolute atomic E-state index is 11.0. The van der Waals surface area contributed by atoms with Gasteiger partial charge in [0.1, 0.15) is 16.5 Å². The van der Waals surface area contributed by atoms with Crippen LogP contribution in [0.1, 0.15) is 26.2 Å². The van der Waals surface area contributed by atoms with E-state index < -0.39 is 16.0 Å². The van der Waals surface area contributed by atoms with Gasteiger partial charge in [-0.3, -0.25) is 0 Å². The van der Waals surface area contributed by atoms with Crippen molar-refractivity contribution in [2.45, 2.75) is 31.4 Å². The van der Waals surface area contributed by atoms with Crippen LogP contribution in [-0.4, -0.2) is 20.3 Å². The Kier molecular flexibility index (Phi) is 4.20. The maximum Gasteiger partial charge on any atom is 0.147 e. The van der Waals surface area contributed by atoms with Crippen LogP contribution in [0.3, 0.4) is 0 Å². The third-order valence-electron chi connectivity index (χ3n) is 2.30. The average Bonchev–Trinajstić information content (AvgIpc) is 2.18. The molecule has 0 bridgehead atoms. The molecule has 3 nitrogen and oxygen atoms in total. The van der Waals surface area contributed by atoms with E-state index in [0.29, 0.717) is 18.8 Å². The molecule has 0 saturated carbocycles. The first-order valence-corrected chi connectivity index (χ1v) is 6.07. The quantitative estimate of drug-likeness (QED) is 0.573. The van der Waals surface area contributed by atoms with Crippen molar-refractivity contribution in [3.05, 3.63) is 24.0 Å². The van der Waals surface area contributed by atoms with E-state index in [1.54, 1.807) is 0 Å². The first-order chi connectivity index (χ1) is 6.66. The van der Waals surface area contributed by atoms with Crippen molar-refractivity contribution >= 4 is 10.7 Å². The fraction of sp³-hybridized carbons (Fsp3) is 0.600. The van der Waals surface area contributed by atoms with Gasteiger partial charge in [-0.2, -0.15) is 0 Å². The second-order valence-corrected chi connectivity index (χ2v) is 4.44. The number of thiol groups is 1. The number of allylic oxidation sites excluding steroid dienone is 2. The molecule has 0 saturated heterocycles. The highest BCUT2D eigenvalue weighted by atomic mass is 32.2. The highest BCUT2D eigenvalue weighted by molar-refractivity contribution is 7.73. The molecule has 0 aromatic heterocycles. The van der Waals surface area contributed by atoms with Crippen molar-refractivity contribution in [1.82, 2.24) is 0 Å². The molecule has 1 atom stereocenters. The summed E-state index contributed by atoms with van der Waals surface area (Å²) in [5.41, 5.74) is 0.759. The van der Waals surface area contributed by atoms with Gasteiger partial charge in [0.25, 0.3) is 0 Å². The molecule has 0 radical (unpaired) electrons. The SMILES string of the molecule is C=C(OCC)C1=CCCCC1[SH](=O)=O. The zero-order valence-corrected chi connectivity index (χ0v) is 9.26. The highest BCUT2D eigenvalue weighted by Gasteiger charge is 2.22. The third-order valence-corrected chi connectivity index (χ3v) is 3.35. The Morgan fingerprint density at radius 2 is 2.43 bits per heavy atom. The Hall–Kier alpha value is -0.770. The van der Waals surface area contributed by atoms with E-state index in [1.807, 2.05) is 13.0 Å². The highest BCUT2D eigenvalue weighted by Crippen LogP contribution is 2.26. The van der Waals surface area contributed by atoms with E-state index in [9.17, 15) is 8.42 Å². The minimum Gasteiger partial charge on any atom is -0.494 e. The summed E-state index contributed by atoms with van der Waals surface area (Å²) in [7, 11) is -2.41. The number of ether oxygens (including phenoxy) is 1. The van der Waals surface area contributed by atoms with Gasteiger partial charge in [-0.15, -0.1) is 0 Å². The van der Waals surface area contributed by atoms with Crippen molar-refractivity contribution in [1.29, 1.82) is 0 Å². The molecular formula is C10H16O3S. The van der Waals surface area contributed by atoms with Gasteiger partial charge >= 0.3 is 0 Å². The molecule has 0 amide bonds. The lowest BCUT2D eigenvalue weighted by atomic mass is 9.98. The Bertz CT molecular complexity index is 307. The van der Waals surface area contributed by atoms with E-state index in [1.165, 1.54) is 0 Å². The number of hydrogen-bond donors (Lipinski definition) is 1. The third kappa shape index (κ3) is 2.61. The molecule has 0 heterocycles. The van der Waals surface area contributed by atoms with Gasteiger partial charge in [0.15, 0.2) is 0 Å². The molecular weight excluding hydrogens is 200 g/mol. The number of rotatable bonds is 4. The lowest BCUT2D eigenvalue weighted by molar-refractivity contribution is 0.236. The van der Waals surface area contributed by atoms with Crippen molar-refractivity contribution in [2.24, 2.45) is 0 Å². The van der Waals surface area contributed by atoms with Gasteiger partial charge in [0.2, 0.25) is 0 Å². The predicted octanol–water partition coefficient (Wildman–Crippen LogP) is 1.63. The minimum atomic E-state index is -2.41. The summed E-state index contributed by atoms with van der Waals surface area (Å²) in [5, 5.41) is -0.391. The van der Waals surface area contributed by atoms with Crippen molar-refractivity contribution in [3.8, 4) is 0 Å². The minimum absolute atomic E-state index is 0.391. The van der Waals surface area contributed by atoms with E-state index in [4.69, 9.17) is 4.74 Å². The van der Waals surface area contributed by atoms with Crippen LogP contribution in [0.5, 0.6) is 0 Å². The van der Waals surface area contributed by atoms with Crippen LogP contribution in [0.15, 0.2) is 24.0 Å². The van der Waals surface area contributed by atoms with Gasteiger partial charge in [-0.25, -0.2) is 8.42 Å². The second kappa shape index (κ2) is 5.20. The topological polar surface area (TPSA) is 43.4 Å². The van der Waals surface area contributed by atoms with Crippen LogP contribution in [0.25, 0.3) is 0 Å². The van der Waals surface area contributed by atoms with Crippen molar-refractivity contribution in [2.75, 3.05) is 6.61 Å². The molecule has 0 N–H and O–H groups in total. The fourth-order valence-corrected chi connectivity index (χ4v) is 2.51. The molecule has 1 rings (SSSR count). The van der Waals surface area contributed by atoms with Crippen LogP contribution in [0, 0.1) is 0 Å². The smallest absolute Gasteiger partial charge is 0.147 e. The zero-order chi connectivity index (χ0) is 10.6. The van der Waals surface area contributed by atoms with Gasteiger partial charge in [0.05, 0.1) is 11.9 Å². The van der Waals surface area contributed by atoms with E-state index in [2.05, 4.69) is 6.58 Å². The van der Waals surface area contributed by atoms with Gasteiger partial charge in [-0.1, -0.05) is 12.7 Å². The molecule has 80 valence electrons. The number of hydrogen-bond acceptors (Lipinski definition) is 3. The Morgan fingerprint density at radius 3 is 3.00 bits per heavy atom. The molecule has 0 aliphatic heterocycles. The van der Waals surface area contributed by atoms with Crippen molar-refractivity contribution < 1.29 is 13.2 Å². The molecule has 4 heteroatoms. The van der Waals surface area contributed by atoms with Crippen LogP contribution < -0.4 is 0 Å².